The van der Waals surface area contributed by atoms with Gasteiger partial charge in [0.1, 0.15) is 11.7 Å². The van der Waals surface area contributed by atoms with Gasteiger partial charge in [-0.1, -0.05) is 11.8 Å². The van der Waals surface area contributed by atoms with Crippen LogP contribution in [0.25, 0.3) is 11.0 Å². The zero-order valence-electron chi connectivity index (χ0n) is 19.6. The summed E-state index contributed by atoms with van der Waals surface area (Å²) >= 11 is 1.34. The number of fused-ring (bicyclic) bond motifs is 1. The van der Waals surface area contributed by atoms with Crippen molar-refractivity contribution in [3.05, 3.63) is 45.9 Å². The predicted molar refractivity (Wildman–Crippen MR) is 130 cm³/mol. The molecule has 11 nitrogen and oxygen atoms in total. The zero-order valence-corrected chi connectivity index (χ0v) is 20.4. The van der Waals surface area contributed by atoms with Gasteiger partial charge in [-0.2, -0.15) is 4.98 Å². The Morgan fingerprint density at radius 1 is 1.11 bits per heavy atom. The van der Waals surface area contributed by atoms with Crippen molar-refractivity contribution in [2.45, 2.75) is 49.4 Å². The average Bonchev–Trinajstić information content (AvgIpc) is 3.12. The zero-order chi connectivity index (χ0) is 25.5. The van der Waals surface area contributed by atoms with Gasteiger partial charge in [0.2, 0.25) is 5.95 Å². The third-order valence-corrected chi connectivity index (χ3v) is 6.19. The molecule has 0 fully saturated rings. The lowest BCUT2D eigenvalue weighted by Crippen LogP contribution is -2.42. The number of nitrogen functional groups attached to an aromatic ring is 1. The molecule has 0 radical (unpaired) electrons. The molecule has 0 saturated heterocycles. The highest BCUT2D eigenvalue weighted by atomic mass is 32.2. The summed E-state index contributed by atoms with van der Waals surface area (Å²) in [6.07, 6.45) is 0.0288. The number of rotatable bonds is 10. The van der Waals surface area contributed by atoms with E-state index in [2.05, 4.69) is 20.3 Å². The van der Waals surface area contributed by atoms with Crippen molar-refractivity contribution >= 4 is 46.6 Å². The number of aromatic nitrogens is 3. The molecule has 186 valence electrons. The van der Waals surface area contributed by atoms with E-state index in [4.69, 9.17) is 15.2 Å². The van der Waals surface area contributed by atoms with Crippen LogP contribution in [-0.4, -0.2) is 52.1 Å². The lowest BCUT2D eigenvalue weighted by Gasteiger charge is -2.17. The number of carbonyl (C=O) groups excluding carboxylic acids is 3. The van der Waals surface area contributed by atoms with Crippen molar-refractivity contribution in [1.29, 1.82) is 0 Å². The third kappa shape index (κ3) is 6.41. The molecule has 35 heavy (non-hydrogen) atoms. The van der Waals surface area contributed by atoms with Crippen molar-refractivity contribution in [3.8, 4) is 0 Å². The molecule has 0 aliphatic rings. The van der Waals surface area contributed by atoms with Gasteiger partial charge in [-0.3, -0.25) is 19.4 Å². The second-order valence-corrected chi connectivity index (χ2v) is 8.59. The molecule has 1 atom stereocenters. The van der Waals surface area contributed by atoms with Gasteiger partial charge in [0.15, 0.2) is 0 Å². The Morgan fingerprint density at radius 2 is 1.80 bits per heavy atom. The molecule has 3 aromatic rings. The maximum Gasteiger partial charge on any atom is 0.328 e. The van der Waals surface area contributed by atoms with Gasteiger partial charge in [-0.05, 0) is 51.5 Å². The van der Waals surface area contributed by atoms with E-state index in [1.807, 2.05) is 6.92 Å². The molecular formula is C23H27N5O6S. The minimum atomic E-state index is -0.985. The van der Waals surface area contributed by atoms with E-state index in [1.54, 1.807) is 38.1 Å². The van der Waals surface area contributed by atoms with Gasteiger partial charge in [-0.25, -0.2) is 4.79 Å². The SMILES string of the molecule is CCOC(=O)CC[C@H](NC(=O)c1ccc(Sc2c(C)[nH]c3nc(N)[nH]c(=O)c23)cc1)C(=O)OCC. The van der Waals surface area contributed by atoms with Crippen LogP contribution in [0.15, 0.2) is 38.9 Å². The lowest BCUT2D eigenvalue weighted by atomic mass is 10.1. The number of esters is 2. The predicted octanol–water partition coefficient (Wildman–Crippen LogP) is 2.30. The molecular weight excluding hydrogens is 474 g/mol. The van der Waals surface area contributed by atoms with Gasteiger partial charge in [-0.15, -0.1) is 0 Å². The first-order valence-electron chi connectivity index (χ1n) is 11.0. The fraction of sp³-hybridized carbons (Fsp3) is 0.348. The summed E-state index contributed by atoms with van der Waals surface area (Å²) in [7, 11) is 0. The summed E-state index contributed by atoms with van der Waals surface area (Å²) in [5, 5.41) is 3.03. The molecule has 0 aliphatic carbocycles. The average molecular weight is 502 g/mol. The van der Waals surface area contributed by atoms with Gasteiger partial charge < -0.3 is 25.5 Å². The Kier molecular flexibility index (Phi) is 8.53. The van der Waals surface area contributed by atoms with E-state index in [-0.39, 0.29) is 37.6 Å². The topological polar surface area (TPSA) is 169 Å². The highest BCUT2D eigenvalue weighted by Gasteiger charge is 2.24. The highest BCUT2D eigenvalue weighted by molar-refractivity contribution is 7.99. The van der Waals surface area contributed by atoms with E-state index in [9.17, 15) is 19.2 Å². The second-order valence-electron chi connectivity index (χ2n) is 7.50. The summed E-state index contributed by atoms with van der Waals surface area (Å²) < 4.78 is 9.91. The van der Waals surface area contributed by atoms with Crippen molar-refractivity contribution < 1.29 is 23.9 Å². The highest BCUT2D eigenvalue weighted by Crippen LogP contribution is 2.34. The summed E-state index contributed by atoms with van der Waals surface area (Å²) in [6.45, 7) is 5.56. The van der Waals surface area contributed by atoms with E-state index in [0.29, 0.717) is 21.5 Å². The van der Waals surface area contributed by atoms with Crippen LogP contribution in [0.4, 0.5) is 5.95 Å². The largest absolute Gasteiger partial charge is 0.466 e. The molecule has 0 unspecified atom stereocenters. The van der Waals surface area contributed by atoms with Crippen LogP contribution in [-0.2, 0) is 19.1 Å². The van der Waals surface area contributed by atoms with Crippen LogP contribution in [0, 0.1) is 6.92 Å². The second kappa shape index (κ2) is 11.6. The van der Waals surface area contributed by atoms with Crippen LogP contribution in [0.1, 0.15) is 42.7 Å². The fourth-order valence-corrected chi connectivity index (χ4v) is 4.37. The lowest BCUT2D eigenvalue weighted by molar-refractivity contribution is -0.146. The first-order valence-corrected chi connectivity index (χ1v) is 11.8. The number of benzene rings is 1. The smallest absolute Gasteiger partial charge is 0.328 e. The van der Waals surface area contributed by atoms with Gasteiger partial charge in [0.05, 0.1) is 18.6 Å². The Labute approximate surface area is 205 Å². The number of ether oxygens (including phenoxy) is 2. The molecule has 5 N–H and O–H groups in total. The van der Waals surface area contributed by atoms with Crippen LogP contribution in [0.5, 0.6) is 0 Å². The molecule has 0 saturated carbocycles. The summed E-state index contributed by atoms with van der Waals surface area (Å²) in [5.41, 5.74) is 6.75. The number of nitrogens with one attached hydrogen (secondary N) is 3. The summed E-state index contributed by atoms with van der Waals surface area (Å²) in [4.78, 5) is 60.2. The molecule has 12 heteroatoms. The standard InChI is InChI=1S/C23H27N5O6S/c1-4-33-16(29)11-10-15(22(32)34-5-2)26-20(30)13-6-8-14(9-7-13)35-18-12(3)25-19-17(18)21(31)28-23(24)27-19/h6-9,15H,4-5,10-11H2,1-3H3,(H,26,30)(H4,24,25,27,28,31)/t15-/m0/s1. The van der Waals surface area contributed by atoms with Crippen molar-refractivity contribution in [2.75, 3.05) is 18.9 Å². The van der Waals surface area contributed by atoms with Gasteiger partial charge in [0.25, 0.3) is 11.5 Å². The third-order valence-electron chi connectivity index (χ3n) is 4.97. The molecule has 0 bridgehead atoms. The Bertz CT molecular complexity index is 1280. The fourth-order valence-electron chi connectivity index (χ4n) is 3.36. The molecule has 1 aromatic carbocycles. The molecule has 2 heterocycles. The Morgan fingerprint density at radius 3 is 2.46 bits per heavy atom. The molecule has 0 spiro atoms. The quantitative estimate of drug-likeness (QED) is 0.304. The van der Waals surface area contributed by atoms with E-state index in [1.165, 1.54) is 11.8 Å². The first kappa shape index (κ1) is 25.8. The van der Waals surface area contributed by atoms with Gasteiger partial charge in [0, 0.05) is 27.5 Å². The maximum atomic E-state index is 12.8. The number of amides is 1. The monoisotopic (exact) mass is 501 g/mol. The van der Waals surface area contributed by atoms with Crippen LogP contribution < -0.4 is 16.6 Å². The summed E-state index contributed by atoms with van der Waals surface area (Å²) in [5.74, 6) is -1.53. The summed E-state index contributed by atoms with van der Waals surface area (Å²) in [6, 6.07) is 5.69. The van der Waals surface area contributed by atoms with Gasteiger partial charge >= 0.3 is 11.9 Å². The van der Waals surface area contributed by atoms with E-state index < -0.39 is 23.9 Å². The van der Waals surface area contributed by atoms with Crippen molar-refractivity contribution in [2.24, 2.45) is 0 Å². The number of anilines is 1. The van der Waals surface area contributed by atoms with Crippen LogP contribution in [0.2, 0.25) is 0 Å². The maximum absolute atomic E-state index is 12.8. The number of nitrogens with two attached hydrogens (primary N) is 1. The number of carbonyl (C=O) groups is 3. The number of aromatic amines is 2. The van der Waals surface area contributed by atoms with E-state index in [0.717, 1.165) is 10.6 Å². The Hall–Kier alpha value is -3.80. The normalized spacial score (nSPS) is 11.7. The van der Waals surface area contributed by atoms with Crippen LogP contribution >= 0.6 is 11.8 Å². The van der Waals surface area contributed by atoms with Crippen LogP contribution in [0.3, 0.4) is 0 Å². The minimum Gasteiger partial charge on any atom is -0.466 e. The molecule has 3 rings (SSSR count). The van der Waals surface area contributed by atoms with E-state index >= 15 is 0 Å². The number of aryl methyl sites for hydroxylation is 1. The number of H-pyrrole nitrogens is 2. The number of hydrogen-bond acceptors (Lipinski definition) is 9. The minimum absolute atomic E-state index is 0.0269. The number of nitrogens with zero attached hydrogens (tertiary/aromatic N) is 1. The van der Waals surface area contributed by atoms with Crippen molar-refractivity contribution in [3.63, 3.8) is 0 Å². The Balaban J connectivity index is 1.72. The first-order chi connectivity index (χ1) is 16.7. The molecule has 1 amide bonds. The number of hydrogen-bond donors (Lipinski definition) is 4. The molecule has 2 aromatic heterocycles. The van der Waals surface area contributed by atoms with Crippen molar-refractivity contribution in [1.82, 2.24) is 20.3 Å². The molecule has 0 aliphatic heterocycles.